The van der Waals surface area contributed by atoms with Crippen LogP contribution in [0.25, 0.3) is 0 Å². The van der Waals surface area contributed by atoms with Gasteiger partial charge in [-0.25, -0.2) is 0 Å². The molecule has 2 aromatic rings. The topological polar surface area (TPSA) is 102 Å². The lowest BCUT2D eigenvalue weighted by molar-refractivity contribution is -0.384. The van der Waals surface area contributed by atoms with Gasteiger partial charge in [-0.05, 0) is 43.2 Å². The Hall–Kier alpha value is -3.13. The van der Waals surface area contributed by atoms with E-state index in [0.717, 1.165) is 18.9 Å². The fourth-order valence-corrected chi connectivity index (χ4v) is 3.22. The first-order valence-corrected chi connectivity index (χ1v) is 9.02. The Morgan fingerprint density at radius 1 is 1.25 bits per heavy atom. The number of nitrogens with one attached hydrogen (secondary N) is 1. The van der Waals surface area contributed by atoms with E-state index in [1.165, 1.54) is 19.2 Å². The molecule has 0 unspecified atom stereocenters. The molecule has 1 aliphatic rings. The van der Waals surface area contributed by atoms with E-state index in [0.29, 0.717) is 30.1 Å². The van der Waals surface area contributed by atoms with E-state index in [2.05, 4.69) is 5.32 Å². The molecular formula is C19H18ClN3O5. The second kappa shape index (κ2) is 8.26. The Labute approximate surface area is 166 Å². The fraction of sp³-hybridized carbons (Fsp3) is 0.263. The lowest BCUT2D eigenvalue weighted by Gasteiger charge is -2.28. The Kier molecular flexibility index (Phi) is 5.79. The van der Waals surface area contributed by atoms with Crippen molar-refractivity contribution in [1.82, 2.24) is 0 Å². The number of methoxy groups -OCH3 is 1. The number of anilines is 2. The van der Waals surface area contributed by atoms with Gasteiger partial charge >= 0.3 is 0 Å². The summed E-state index contributed by atoms with van der Waals surface area (Å²) in [5.41, 5.74) is 0.773. The predicted octanol–water partition coefficient (Wildman–Crippen LogP) is 4.03. The van der Waals surface area contributed by atoms with Gasteiger partial charge in [0.15, 0.2) is 0 Å². The molecule has 1 saturated heterocycles. The SMILES string of the molecule is COc1ccc(NC(=O)c2ccc(Cl)c([N+](=O)[O-])c2)cc1N1CCCCC1=O. The van der Waals surface area contributed by atoms with Crippen LogP contribution in [0.2, 0.25) is 5.02 Å². The average molecular weight is 404 g/mol. The quantitative estimate of drug-likeness (QED) is 0.600. The van der Waals surface area contributed by atoms with Gasteiger partial charge in [0, 0.05) is 30.3 Å². The molecule has 28 heavy (non-hydrogen) atoms. The Morgan fingerprint density at radius 2 is 2.04 bits per heavy atom. The summed E-state index contributed by atoms with van der Waals surface area (Å²) in [6, 6.07) is 8.79. The highest BCUT2D eigenvalue weighted by Crippen LogP contribution is 2.34. The van der Waals surface area contributed by atoms with Crippen LogP contribution >= 0.6 is 11.6 Å². The Balaban J connectivity index is 1.87. The first-order valence-electron chi connectivity index (χ1n) is 8.64. The summed E-state index contributed by atoms with van der Waals surface area (Å²) in [7, 11) is 1.51. The summed E-state index contributed by atoms with van der Waals surface area (Å²) in [4.78, 5) is 36.8. The largest absolute Gasteiger partial charge is 0.495 e. The molecule has 0 saturated carbocycles. The molecular weight excluding hydrogens is 386 g/mol. The van der Waals surface area contributed by atoms with Crippen molar-refractivity contribution >= 4 is 40.5 Å². The van der Waals surface area contributed by atoms with Gasteiger partial charge in [0.05, 0.1) is 17.7 Å². The number of hydrogen-bond acceptors (Lipinski definition) is 5. The number of carbonyl (C=O) groups excluding carboxylic acids is 2. The zero-order chi connectivity index (χ0) is 20.3. The summed E-state index contributed by atoms with van der Waals surface area (Å²) < 4.78 is 5.35. The number of nitro groups is 1. The summed E-state index contributed by atoms with van der Waals surface area (Å²) in [6.07, 6.45) is 2.21. The first-order chi connectivity index (χ1) is 13.4. The number of benzene rings is 2. The lowest BCUT2D eigenvalue weighted by Crippen LogP contribution is -2.35. The van der Waals surface area contributed by atoms with E-state index in [1.807, 2.05) is 0 Å². The van der Waals surface area contributed by atoms with Gasteiger partial charge in [0.2, 0.25) is 5.91 Å². The maximum absolute atomic E-state index is 12.5. The third kappa shape index (κ3) is 4.07. The van der Waals surface area contributed by atoms with Gasteiger partial charge in [0.1, 0.15) is 10.8 Å². The standard InChI is InChI=1S/C19H18ClN3O5/c1-28-17-8-6-13(11-16(17)22-9-3-2-4-18(22)24)21-19(25)12-5-7-14(20)15(10-12)23(26)27/h5-8,10-11H,2-4,9H2,1H3,(H,21,25). The average Bonchev–Trinajstić information content (AvgIpc) is 2.68. The normalized spacial score (nSPS) is 13.9. The van der Waals surface area contributed by atoms with Gasteiger partial charge in [-0.2, -0.15) is 0 Å². The van der Waals surface area contributed by atoms with Gasteiger partial charge in [-0.15, -0.1) is 0 Å². The molecule has 1 aliphatic heterocycles. The molecule has 3 rings (SSSR count). The number of nitrogens with zero attached hydrogens (tertiary/aromatic N) is 2. The number of hydrogen-bond donors (Lipinski definition) is 1. The van der Waals surface area contributed by atoms with E-state index < -0.39 is 10.8 Å². The summed E-state index contributed by atoms with van der Waals surface area (Å²) in [5.74, 6) is -0.00223. The molecule has 2 aromatic carbocycles. The number of amides is 2. The highest BCUT2D eigenvalue weighted by Gasteiger charge is 2.23. The smallest absolute Gasteiger partial charge is 0.288 e. The van der Waals surface area contributed by atoms with Gasteiger partial charge in [-0.1, -0.05) is 11.6 Å². The van der Waals surface area contributed by atoms with Crippen LogP contribution in [0.5, 0.6) is 5.75 Å². The van der Waals surface area contributed by atoms with Crippen LogP contribution < -0.4 is 15.0 Å². The van der Waals surface area contributed by atoms with Crippen molar-refractivity contribution in [1.29, 1.82) is 0 Å². The van der Waals surface area contributed by atoms with Crippen LogP contribution in [0.15, 0.2) is 36.4 Å². The van der Waals surface area contributed by atoms with E-state index >= 15 is 0 Å². The second-order valence-electron chi connectivity index (χ2n) is 6.27. The minimum Gasteiger partial charge on any atom is -0.495 e. The number of carbonyl (C=O) groups is 2. The minimum absolute atomic E-state index is 0.00125. The van der Waals surface area contributed by atoms with Crippen LogP contribution in [-0.2, 0) is 4.79 Å². The highest BCUT2D eigenvalue weighted by molar-refractivity contribution is 6.32. The Bertz CT molecular complexity index is 947. The maximum atomic E-state index is 12.5. The van der Waals surface area contributed by atoms with Crippen LogP contribution in [0, 0.1) is 10.1 Å². The third-order valence-corrected chi connectivity index (χ3v) is 4.78. The van der Waals surface area contributed by atoms with E-state index in [4.69, 9.17) is 16.3 Å². The molecule has 0 aromatic heterocycles. The molecule has 9 heteroatoms. The van der Waals surface area contributed by atoms with Crippen LogP contribution in [0.3, 0.4) is 0 Å². The van der Waals surface area contributed by atoms with Gasteiger partial charge in [-0.3, -0.25) is 19.7 Å². The minimum atomic E-state index is -0.646. The van der Waals surface area contributed by atoms with Crippen molar-refractivity contribution in [3.05, 3.63) is 57.1 Å². The van der Waals surface area contributed by atoms with Crippen molar-refractivity contribution in [3.63, 3.8) is 0 Å². The van der Waals surface area contributed by atoms with E-state index in [9.17, 15) is 19.7 Å². The number of rotatable bonds is 5. The number of ether oxygens (including phenoxy) is 1. The second-order valence-corrected chi connectivity index (χ2v) is 6.67. The number of halogens is 1. The third-order valence-electron chi connectivity index (χ3n) is 4.46. The molecule has 0 atom stereocenters. The van der Waals surface area contributed by atoms with Crippen molar-refractivity contribution in [2.75, 3.05) is 23.9 Å². The molecule has 2 amide bonds. The van der Waals surface area contributed by atoms with Gasteiger partial charge in [0.25, 0.3) is 11.6 Å². The summed E-state index contributed by atoms with van der Waals surface area (Å²) in [6.45, 7) is 0.579. The highest BCUT2D eigenvalue weighted by atomic mass is 35.5. The summed E-state index contributed by atoms with van der Waals surface area (Å²) >= 11 is 5.79. The molecule has 0 bridgehead atoms. The first kappa shape index (κ1) is 19.6. The molecule has 0 radical (unpaired) electrons. The van der Waals surface area contributed by atoms with Crippen molar-refractivity contribution in [3.8, 4) is 5.75 Å². The van der Waals surface area contributed by atoms with E-state index in [-0.39, 0.29) is 22.2 Å². The molecule has 146 valence electrons. The van der Waals surface area contributed by atoms with Crippen molar-refractivity contribution in [2.24, 2.45) is 0 Å². The lowest BCUT2D eigenvalue weighted by atomic mass is 10.1. The zero-order valence-electron chi connectivity index (χ0n) is 15.1. The molecule has 0 spiro atoms. The van der Waals surface area contributed by atoms with Crippen LogP contribution in [0.1, 0.15) is 29.6 Å². The fourth-order valence-electron chi connectivity index (χ4n) is 3.04. The van der Waals surface area contributed by atoms with Crippen LogP contribution in [-0.4, -0.2) is 30.4 Å². The maximum Gasteiger partial charge on any atom is 0.288 e. The van der Waals surface area contributed by atoms with Crippen molar-refractivity contribution < 1.29 is 19.2 Å². The van der Waals surface area contributed by atoms with Crippen LogP contribution in [0.4, 0.5) is 17.1 Å². The molecule has 1 N–H and O–H groups in total. The zero-order valence-corrected chi connectivity index (χ0v) is 15.9. The molecule has 0 aliphatic carbocycles. The molecule has 1 fully saturated rings. The monoisotopic (exact) mass is 403 g/mol. The van der Waals surface area contributed by atoms with Gasteiger partial charge < -0.3 is 15.0 Å². The molecule has 8 nitrogen and oxygen atoms in total. The number of piperidine rings is 1. The van der Waals surface area contributed by atoms with Crippen molar-refractivity contribution in [2.45, 2.75) is 19.3 Å². The molecule has 1 heterocycles. The Morgan fingerprint density at radius 3 is 2.71 bits per heavy atom. The predicted molar refractivity (Wildman–Crippen MR) is 105 cm³/mol. The van der Waals surface area contributed by atoms with E-state index in [1.54, 1.807) is 23.1 Å². The number of nitro benzene ring substituents is 1. The summed E-state index contributed by atoms with van der Waals surface area (Å²) in [5, 5.41) is 13.7.